The molecule has 0 radical (unpaired) electrons. The summed E-state index contributed by atoms with van der Waals surface area (Å²) >= 11 is 0. The number of morpholine rings is 1. The molecule has 116 valence electrons. The first-order valence-corrected chi connectivity index (χ1v) is 7.14. The molecule has 1 aliphatic rings. The van der Waals surface area contributed by atoms with Crippen LogP contribution in [0, 0.1) is 0 Å². The highest BCUT2D eigenvalue weighted by Crippen LogP contribution is 2.00. The van der Waals surface area contributed by atoms with Crippen molar-refractivity contribution in [1.29, 1.82) is 0 Å². The number of rotatable bonds is 8. The van der Waals surface area contributed by atoms with Crippen molar-refractivity contribution in [2.45, 2.75) is 32.2 Å². The van der Waals surface area contributed by atoms with Crippen LogP contribution in [0.25, 0.3) is 0 Å². The van der Waals surface area contributed by atoms with Crippen LogP contribution in [0.5, 0.6) is 0 Å². The Morgan fingerprint density at radius 2 is 2.05 bits per heavy atom. The molecule has 0 aromatic heterocycles. The molecular formula is C13H25N3O4. The van der Waals surface area contributed by atoms with Crippen LogP contribution in [-0.4, -0.2) is 67.4 Å². The number of hydrogen-bond donors (Lipinski definition) is 3. The summed E-state index contributed by atoms with van der Waals surface area (Å²) < 4.78 is 5.25. The summed E-state index contributed by atoms with van der Waals surface area (Å²) in [5.41, 5.74) is 0. The highest BCUT2D eigenvalue weighted by Gasteiger charge is 2.11. The van der Waals surface area contributed by atoms with Gasteiger partial charge in [-0.2, -0.15) is 0 Å². The van der Waals surface area contributed by atoms with Gasteiger partial charge in [-0.25, -0.2) is 4.79 Å². The van der Waals surface area contributed by atoms with Gasteiger partial charge >= 0.3 is 12.0 Å². The van der Waals surface area contributed by atoms with E-state index in [9.17, 15) is 9.59 Å². The summed E-state index contributed by atoms with van der Waals surface area (Å²) in [5, 5.41) is 14.2. The second-order valence-electron chi connectivity index (χ2n) is 5.04. The van der Waals surface area contributed by atoms with Crippen molar-refractivity contribution in [3.05, 3.63) is 0 Å². The van der Waals surface area contributed by atoms with Crippen LogP contribution in [0.15, 0.2) is 0 Å². The van der Waals surface area contributed by atoms with Crippen molar-refractivity contribution < 1.29 is 19.4 Å². The third-order valence-corrected chi connectivity index (χ3v) is 3.22. The molecule has 1 saturated heterocycles. The average molecular weight is 287 g/mol. The standard InChI is InChI=1S/C13H25N3O4/c1-11(3-2-4-12(17)18)15-13(19)14-5-6-16-7-9-20-10-8-16/h11H,2-10H2,1H3,(H,17,18)(H2,14,15,19). The molecule has 0 bridgehead atoms. The molecule has 0 saturated carbocycles. The van der Waals surface area contributed by atoms with Gasteiger partial charge in [0.05, 0.1) is 13.2 Å². The smallest absolute Gasteiger partial charge is 0.315 e. The second-order valence-corrected chi connectivity index (χ2v) is 5.04. The van der Waals surface area contributed by atoms with E-state index in [0.29, 0.717) is 19.4 Å². The molecule has 0 aromatic carbocycles. The van der Waals surface area contributed by atoms with E-state index in [1.165, 1.54) is 0 Å². The van der Waals surface area contributed by atoms with Gasteiger partial charge in [-0.3, -0.25) is 9.69 Å². The Morgan fingerprint density at radius 3 is 2.70 bits per heavy atom. The highest BCUT2D eigenvalue weighted by atomic mass is 16.5. The van der Waals surface area contributed by atoms with Crippen LogP contribution in [-0.2, 0) is 9.53 Å². The topological polar surface area (TPSA) is 90.9 Å². The Labute approximate surface area is 119 Å². The average Bonchev–Trinajstić information content (AvgIpc) is 2.39. The molecular weight excluding hydrogens is 262 g/mol. The van der Waals surface area contributed by atoms with Crippen molar-refractivity contribution in [3.63, 3.8) is 0 Å². The summed E-state index contributed by atoms with van der Waals surface area (Å²) in [6.45, 7) is 6.64. The minimum Gasteiger partial charge on any atom is -0.481 e. The third-order valence-electron chi connectivity index (χ3n) is 3.22. The number of carbonyl (C=O) groups excluding carboxylic acids is 1. The zero-order valence-electron chi connectivity index (χ0n) is 12.1. The molecule has 1 rings (SSSR count). The van der Waals surface area contributed by atoms with Gasteiger partial charge in [-0.05, 0) is 19.8 Å². The van der Waals surface area contributed by atoms with E-state index in [-0.39, 0.29) is 18.5 Å². The van der Waals surface area contributed by atoms with Gasteiger partial charge in [0.25, 0.3) is 0 Å². The number of nitrogens with zero attached hydrogens (tertiary/aromatic N) is 1. The van der Waals surface area contributed by atoms with Crippen LogP contribution in [0.4, 0.5) is 4.79 Å². The third kappa shape index (κ3) is 7.96. The predicted octanol–water partition coefficient (Wildman–Crippen LogP) is 0.261. The normalized spacial score (nSPS) is 17.4. The lowest BCUT2D eigenvalue weighted by Gasteiger charge is -2.26. The fourth-order valence-corrected chi connectivity index (χ4v) is 2.06. The van der Waals surface area contributed by atoms with Gasteiger partial charge in [-0.15, -0.1) is 0 Å². The first-order valence-electron chi connectivity index (χ1n) is 7.14. The van der Waals surface area contributed by atoms with Gasteiger partial charge in [0, 0.05) is 38.6 Å². The molecule has 3 N–H and O–H groups in total. The SMILES string of the molecule is CC(CCCC(=O)O)NC(=O)NCCN1CCOCC1. The largest absolute Gasteiger partial charge is 0.481 e. The molecule has 7 nitrogen and oxygen atoms in total. The molecule has 1 aliphatic heterocycles. The van der Waals surface area contributed by atoms with Gasteiger partial charge in [0.1, 0.15) is 0 Å². The van der Waals surface area contributed by atoms with Crippen molar-refractivity contribution in [3.8, 4) is 0 Å². The summed E-state index contributed by atoms with van der Waals surface area (Å²) in [7, 11) is 0. The maximum absolute atomic E-state index is 11.6. The number of carboxylic acid groups (broad SMARTS) is 1. The Hall–Kier alpha value is -1.34. The molecule has 1 fully saturated rings. The fourth-order valence-electron chi connectivity index (χ4n) is 2.06. The van der Waals surface area contributed by atoms with Crippen LogP contribution in [0.3, 0.4) is 0 Å². The summed E-state index contributed by atoms with van der Waals surface area (Å²) in [6.07, 6.45) is 1.39. The number of amides is 2. The van der Waals surface area contributed by atoms with E-state index in [1.54, 1.807) is 0 Å². The predicted molar refractivity (Wildman–Crippen MR) is 74.7 cm³/mol. The Morgan fingerprint density at radius 1 is 1.35 bits per heavy atom. The number of nitrogens with one attached hydrogen (secondary N) is 2. The van der Waals surface area contributed by atoms with Crippen molar-refractivity contribution >= 4 is 12.0 Å². The van der Waals surface area contributed by atoms with E-state index in [0.717, 1.165) is 32.8 Å². The highest BCUT2D eigenvalue weighted by molar-refractivity contribution is 5.74. The quantitative estimate of drug-likeness (QED) is 0.596. The molecule has 1 heterocycles. The van der Waals surface area contributed by atoms with Crippen LogP contribution in [0.2, 0.25) is 0 Å². The molecule has 0 aromatic rings. The van der Waals surface area contributed by atoms with Gasteiger partial charge in [-0.1, -0.05) is 0 Å². The molecule has 7 heteroatoms. The van der Waals surface area contributed by atoms with Gasteiger partial charge in [0.2, 0.25) is 0 Å². The number of hydrogen-bond acceptors (Lipinski definition) is 4. The van der Waals surface area contributed by atoms with Gasteiger partial charge < -0.3 is 20.5 Å². The molecule has 1 unspecified atom stereocenters. The lowest BCUT2D eigenvalue weighted by molar-refractivity contribution is -0.137. The number of carboxylic acids is 1. The molecule has 2 amide bonds. The lowest BCUT2D eigenvalue weighted by Crippen LogP contribution is -2.45. The van der Waals surface area contributed by atoms with Crippen LogP contribution in [0.1, 0.15) is 26.2 Å². The zero-order valence-corrected chi connectivity index (χ0v) is 12.1. The minimum absolute atomic E-state index is 0.0160. The molecule has 0 spiro atoms. The first kappa shape index (κ1) is 16.7. The van der Waals surface area contributed by atoms with E-state index in [4.69, 9.17) is 9.84 Å². The Bertz CT molecular complexity index is 306. The van der Waals surface area contributed by atoms with Crippen molar-refractivity contribution in [1.82, 2.24) is 15.5 Å². The van der Waals surface area contributed by atoms with Crippen LogP contribution >= 0.6 is 0 Å². The van der Waals surface area contributed by atoms with E-state index in [1.807, 2.05) is 6.92 Å². The van der Waals surface area contributed by atoms with E-state index in [2.05, 4.69) is 15.5 Å². The van der Waals surface area contributed by atoms with E-state index >= 15 is 0 Å². The van der Waals surface area contributed by atoms with Crippen molar-refractivity contribution in [2.75, 3.05) is 39.4 Å². The molecule has 0 aliphatic carbocycles. The maximum Gasteiger partial charge on any atom is 0.315 e. The second kappa shape index (κ2) is 9.55. The maximum atomic E-state index is 11.6. The zero-order chi connectivity index (χ0) is 14.8. The molecule has 1 atom stereocenters. The number of carbonyl (C=O) groups is 2. The monoisotopic (exact) mass is 287 g/mol. The van der Waals surface area contributed by atoms with Gasteiger partial charge in [0.15, 0.2) is 0 Å². The Kier molecular flexibility index (Phi) is 7.98. The number of urea groups is 1. The minimum atomic E-state index is -0.799. The summed E-state index contributed by atoms with van der Waals surface area (Å²) in [6, 6.07) is -0.209. The van der Waals surface area contributed by atoms with Crippen LogP contribution < -0.4 is 10.6 Å². The number of ether oxygens (including phenoxy) is 1. The summed E-state index contributed by atoms with van der Waals surface area (Å²) in [4.78, 5) is 24.2. The first-order chi connectivity index (χ1) is 9.58. The lowest BCUT2D eigenvalue weighted by atomic mass is 10.1. The Balaban J connectivity index is 2.02. The van der Waals surface area contributed by atoms with Crippen molar-refractivity contribution in [2.24, 2.45) is 0 Å². The molecule has 20 heavy (non-hydrogen) atoms. The number of aliphatic carboxylic acids is 1. The summed E-state index contributed by atoms with van der Waals surface area (Å²) in [5.74, 6) is -0.799. The van der Waals surface area contributed by atoms with E-state index < -0.39 is 5.97 Å². The fraction of sp³-hybridized carbons (Fsp3) is 0.846.